The second-order valence-electron chi connectivity index (χ2n) is 9.96. The molecule has 4 rings (SSSR count). The van der Waals surface area contributed by atoms with Crippen molar-refractivity contribution in [2.75, 3.05) is 0 Å². The van der Waals surface area contributed by atoms with Crippen LogP contribution in [-0.4, -0.2) is 31.0 Å². The second-order valence-corrected chi connectivity index (χ2v) is 15.0. The molecular formula is C25H29NO3Si. The Morgan fingerprint density at radius 3 is 1.97 bits per heavy atom. The summed E-state index contributed by atoms with van der Waals surface area (Å²) in [4.78, 5) is 27.2. The highest BCUT2D eigenvalue weighted by Gasteiger charge is 2.70. The minimum absolute atomic E-state index is 0.101. The van der Waals surface area contributed by atoms with Gasteiger partial charge < -0.3 is 4.74 Å². The van der Waals surface area contributed by atoms with E-state index in [2.05, 4.69) is 37.1 Å². The van der Waals surface area contributed by atoms with E-state index in [0.29, 0.717) is 11.1 Å². The number of ether oxygens (including phenoxy) is 1. The molecule has 0 aliphatic carbocycles. The molecule has 0 radical (unpaired) electrons. The molecule has 2 atom stereocenters. The molecule has 2 aliphatic rings. The summed E-state index contributed by atoms with van der Waals surface area (Å²) in [6.45, 7) is 12.4. The van der Waals surface area contributed by atoms with Crippen molar-refractivity contribution in [3.8, 4) is 0 Å². The lowest BCUT2D eigenvalue weighted by Crippen LogP contribution is -2.71. The van der Waals surface area contributed by atoms with Gasteiger partial charge in [-0.1, -0.05) is 80.3 Å². The molecule has 0 amide bonds. The monoisotopic (exact) mass is 419 g/mol. The zero-order valence-electron chi connectivity index (χ0n) is 18.5. The lowest BCUT2D eigenvalue weighted by atomic mass is 9.75. The van der Waals surface area contributed by atoms with E-state index in [1.807, 2.05) is 62.4 Å². The SMILES string of the molecule is CC1(C)OC(=O)[C@@]2(C)N[C@]1(c1ccccc1)C([Si](C)(C)C)=C2C(=O)c1ccccc1. The molecule has 2 heterocycles. The van der Waals surface area contributed by atoms with Gasteiger partial charge in [-0.05, 0) is 31.5 Å². The first-order valence-electron chi connectivity index (χ1n) is 10.4. The number of rotatable bonds is 4. The molecule has 2 bridgehead atoms. The lowest BCUT2D eigenvalue weighted by Gasteiger charge is -2.53. The van der Waals surface area contributed by atoms with Crippen LogP contribution in [0.25, 0.3) is 0 Å². The number of hydrogen-bond acceptors (Lipinski definition) is 4. The van der Waals surface area contributed by atoms with Gasteiger partial charge in [0.2, 0.25) is 0 Å². The molecule has 0 aromatic heterocycles. The number of morpholine rings is 1. The van der Waals surface area contributed by atoms with Crippen LogP contribution in [-0.2, 0) is 15.1 Å². The zero-order chi connectivity index (χ0) is 21.9. The highest BCUT2D eigenvalue weighted by atomic mass is 28.3. The van der Waals surface area contributed by atoms with Crippen molar-refractivity contribution in [2.45, 2.75) is 57.1 Å². The molecule has 2 aromatic rings. The standard InChI is InChI=1S/C25H29NO3Si/c1-23(2)25(18-15-11-8-12-16-18)21(30(4,5)6)19(24(3,26-25)22(28)29-23)20(27)17-13-9-7-10-14-17/h7-16,26H,1-6H3/t24-,25+/m0/s1. The fraction of sp³-hybridized carbons (Fsp3) is 0.360. The van der Waals surface area contributed by atoms with Crippen molar-refractivity contribution < 1.29 is 14.3 Å². The maximum absolute atomic E-state index is 13.9. The average molecular weight is 420 g/mol. The van der Waals surface area contributed by atoms with Gasteiger partial charge in [0.25, 0.3) is 0 Å². The van der Waals surface area contributed by atoms with Gasteiger partial charge in [-0.25, -0.2) is 4.79 Å². The number of carbonyl (C=O) groups excluding carboxylic acids is 2. The van der Waals surface area contributed by atoms with Crippen LogP contribution in [0.15, 0.2) is 71.4 Å². The van der Waals surface area contributed by atoms with Crippen molar-refractivity contribution in [1.29, 1.82) is 0 Å². The third kappa shape index (κ3) is 2.68. The largest absolute Gasteiger partial charge is 0.455 e. The van der Waals surface area contributed by atoms with Gasteiger partial charge in [-0.3, -0.25) is 10.1 Å². The summed E-state index contributed by atoms with van der Waals surface area (Å²) < 4.78 is 6.09. The van der Waals surface area contributed by atoms with Gasteiger partial charge in [-0.15, -0.1) is 0 Å². The summed E-state index contributed by atoms with van der Waals surface area (Å²) >= 11 is 0. The zero-order valence-corrected chi connectivity index (χ0v) is 19.5. The van der Waals surface area contributed by atoms with Crippen LogP contribution in [0.4, 0.5) is 0 Å². The van der Waals surface area contributed by atoms with Gasteiger partial charge in [0, 0.05) is 11.1 Å². The van der Waals surface area contributed by atoms with Crippen LogP contribution >= 0.6 is 0 Å². The number of cyclic esters (lactones) is 1. The van der Waals surface area contributed by atoms with E-state index in [4.69, 9.17) is 4.74 Å². The lowest BCUT2D eigenvalue weighted by molar-refractivity contribution is -0.181. The Labute approximate surface area is 179 Å². The number of fused-ring (bicyclic) bond motifs is 2. The molecule has 0 unspecified atom stereocenters. The maximum Gasteiger partial charge on any atom is 0.331 e. The summed E-state index contributed by atoms with van der Waals surface area (Å²) in [5, 5.41) is 4.71. The van der Waals surface area contributed by atoms with Crippen molar-refractivity contribution in [3.63, 3.8) is 0 Å². The van der Waals surface area contributed by atoms with Crippen molar-refractivity contribution >= 4 is 19.8 Å². The molecule has 4 nitrogen and oxygen atoms in total. The Hall–Kier alpha value is -2.50. The number of esters is 1. The summed E-state index contributed by atoms with van der Waals surface area (Å²) in [7, 11) is -2.13. The Morgan fingerprint density at radius 1 is 0.900 bits per heavy atom. The quantitative estimate of drug-likeness (QED) is 0.446. The highest BCUT2D eigenvalue weighted by molar-refractivity contribution is 6.84. The predicted octanol–water partition coefficient (Wildman–Crippen LogP) is 4.64. The Morgan fingerprint density at radius 2 is 1.43 bits per heavy atom. The number of hydrogen-bond donors (Lipinski definition) is 1. The average Bonchev–Trinajstić information content (AvgIpc) is 2.98. The van der Waals surface area contributed by atoms with Crippen LogP contribution in [0.2, 0.25) is 19.6 Å². The van der Waals surface area contributed by atoms with E-state index < -0.39 is 30.7 Å². The predicted molar refractivity (Wildman–Crippen MR) is 121 cm³/mol. The summed E-state index contributed by atoms with van der Waals surface area (Å²) in [6.07, 6.45) is 0. The van der Waals surface area contributed by atoms with Crippen LogP contribution in [0.3, 0.4) is 0 Å². The smallest absolute Gasteiger partial charge is 0.331 e. The summed E-state index contributed by atoms with van der Waals surface area (Å²) in [5.41, 5.74) is -0.657. The van der Waals surface area contributed by atoms with Crippen molar-refractivity contribution in [1.82, 2.24) is 5.32 Å². The number of ketones is 1. The number of benzene rings is 2. The van der Waals surface area contributed by atoms with Crippen molar-refractivity contribution in [2.24, 2.45) is 0 Å². The molecule has 2 aliphatic heterocycles. The molecular weight excluding hydrogens is 390 g/mol. The van der Waals surface area contributed by atoms with Gasteiger partial charge in [-0.2, -0.15) is 0 Å². The normalized spacial score (nSPS) is 27.7. The van der Waals surface area contributed by atoms with Gasteiger partial charge in [0.1, 0.15) is 16.7 Å². The Kier molecular flexibility index (Phi) is 4.49. The number of Topliss-reactive ketones (excluding diaryl/α,β-unsaturated/α-hetero) is 1. The van der Waals surface area contributed by atoms with Gasteiger partial charge in [0.05, 0.1) is 8.07 Å². The molecule has 1 fully saturated rings. The molecule has 30 heavy (non-hydrogen) atoms. The topological polar surface area (TPSA) is 55.4 Å². The van der Waals surface area contributed by atoms with Gasteiger partial charge >= 0.3 is 5.97 Å². The van der Waals surface area contributed by atoms with Crippen molar-refractivity contribution in [3.05, 3.63) is 82.6 Å². The Bertz CT molecular complexity index is 1050. The molecule has 0 saturated carbocycles. The van der Waals surface area contributed by atoms with E-state index >= 15 is 0 Å². The second kappa shape index (κ2) is 6.50. The molecule has 1 N–H and O–H groups in total. The van der Waals surface area contributed by atoms with E-state index in [-0.39, 0.29) is 5.78 Å². The molecule has 156 valence electrons. The minimum atomic E-state index is -2.13. The summed E-state index contributed by atoms with van der Waals surface area (Å²) in [5.74, 6) is -0.498. The van der Waals surface area contributed by atoms with Crippen LogP contribution in [0.5, 0.6) is 0 Å². The highest BCUT2D eigenvalue weighted by Crippen LogP contribution is 2.57. The fourth-order valence-corrected chi connectivity index (χ4v) is 7.96. The molecule has 0 spiro atoms. The van der Waals surface area contributed by atoms with Crippen LogP contribution in [0.1, 0.15) is 36.7 Å². The first kappa shape index (κ1) is 20.8. The third-order valence-corrected chi connectivity index (χ3v) is 8.57. The number of carbonyl (C=O) groups is 2. The first-order valence-corrected chi connectivity index (χ1v) is 13.9. The van der Waals surface area contributed by atoms with E-state index in [0.717, 1.165) is 10.8 Å². The summed E-state index contributed by atoms with van der Waals surface area (Å²) in [6, 6.07) is 19.3. The van der Waals surface area contributed by atoms with Gasteiger partial charge in [0.15, 0.2) is 5.78 Å². The maximum atomic E-state index is 13.9. The van der Waals surface area contributed by atoms with Crippen LogP contribution in [0, 0.1) is 0 Å². The minimum Gasteiger partial charge on any atom is -0.455 e. The first-order chi connectivity index (χ1) is 13.9. The van der Waals surface area contributed by atoms with Crippen LogP contribution < -0.4 is 5.32 Å². The van der Waals surface area contributed by atoms with E-state index in [1.165, 1.54) is 0 Å². The molecule has 5 heteroatoms. The number of nitrogens with one attached hydrogen (secondary N) is 1. The third-order valence-electron chi connectivity index (χ3n) is 6.44. The fourth-order valence-electron chi connectivity index (χ4n) is 5.22. The molecule has 2 aromatic carbocycles. The Balaban J connectivity index is 2.13. The molecule has 1 saturated heterocycles. The van der Waals surface area contributed by atoms with E-state index in [1.54, 1.807) is 6.92 Å². The van der Waals surface area contributed by atoms with E-state index in [9.17, 15) is 9.59 Å².